The van der Waals surface area contributed by atoms with Gasteiger partial charge in [0.2, 0.25) is 12.7 Å². The van der Waals surface area contributed by atoms with Gasteiger partial charge in [0.25, 0.3) is 0 Å². The highest BCUT2D eigenvalue weighted by atomic mass is 32.2. The molecular formula is C27H28N4O3S. The molecular weight excluding hydrogens is 460 g/mol. The number of ether oxygens (including phenoxy) is 2. The van der Waals surface area contributed by atoms with Crippen LogP contribution in [0.15, 0.2) is 53.7 Å². The molecule has 1 N–H and O–H groups in total. The summed E-state index contributed by atoms with van der Waals surface area (Å²) in [6.07, 6.45) is 7.57. The topological polar surface area (TPSA) is 78.3 Å². The van der Waals surface area contributed by atoms with Gasteiger partial charge in [-0.05, 0) is 86.6 Å². The molecule has 0 atom stereocenters. The molecule has 180 valence electrons. The van der Waals surface area contributed by atoms with Crippen LogP contribution in [-0.4, -0.2) is 38.8 Å². The minimum atomic E-state index is 0.0249. The Labute approximate surface area is 208 Å². The third kappa shape index (κ3) is 3.88. The molecule has 0 radical (unpaired) electrons. The van der Waals surface area contributed by atoms with E-state index in [0.29, 0.717) is 22.5 Å². The minimum absolute atomic E-state index is 0.0249. The SMILES string of the molecule is O=C(CSc1nnc(-c2ccc3c(c2)OCO3)n1-c1ccccc1)NC12CC3CC(CC(C3)C1)C2. The molecule has 7 nitrogen and oxygen atoms in total. The maximum atomic E-state index is 13.1. The van der Waals surface area contributed by atoms with E-state index in [9.17, 15) is 4.79 Å². The lowest BCUT2D eigenvalue weighted by Gasteiger charge is -2.56. The predicted octanol–water partition coefficient (Wildman–Crippen LogP) is 4.84. The fourth-order valence-corrected chi connectivity index (χ4v) is 7.87. The number of rotatable bonds is 6. The van der Waals surface area contributed by atoms with Crippen molar-refractivity contribution in [2.75, 3.05) is 12.5 Å². The fraction of sp³-hybridized carbons (Fsp3) is 0.444. The van der Waals surface area contributed by atoms with Crippen molar-refractivity contribution in [3.05, 3.63) is 48.5 Å². The Hall–Kier alpha value is -3.00. The Balaban J connectivity index is 1.13. The molecule has 1 aromatic heterocycles. The number of para-hydroxylation sites is 1. The van der Waals surface area contributed by atoms with E-state index in [1.165, 1.54) is 31.0 Å². The number of fused-ring (bicyclic) bond motifs is 1. The molecule has 4 saturated carbocycles. The zero-order chi connectivity index (χ0) is 23.4. The number of carbonyl (C=O) groups excluding carboxylic acids is 1. The van der Waals surface area contributed by atoms with Crippen molar-refractivity contribution in [2.45, 2.75) is 49.2 Å². The standard InChI is InChI=1S/C27H28N4O3S/c32-24(28-27-12-17-8-18(13-27)10-19(9-17)14-27)15-35-26-30-29-25(31(26)21-4-2-1-3-5-21)20-6-7-22-23(11-20)34-16-33-22/h1-7,11,17-19H,8-10,12-16H2,(H,28,32). The van der Waals surface area contributed by atoms with Gasteiger partial charge in [-0.2, -0.15) is 0 Å². The summed E-state index contributed by atoms with van der Waals surface area (Å²) in [6, 6.07) is 15.8. The van der Waals surface area contributed by atoms with Gasteiger partial charge < -0.3 is 14.8 Å². The van der Waals surface area contributed by atoms with E-state index in [1.807, 2.05) is 53.1 Å². The molecule has 1 aliphatic heterocycles. The molecule has 1 amide bonds. The molecule has 0 unspecified atom stereocenters. The number of hydrogen-bond acceptors (Lipinski definition) is 6. The van der Waals surface area contributed by atoms with Crippen molar-refractivity contribution in [2.24, 2.45) is 17.8 Å². The van der Waals surface area contributed by atoms with Crippen molar-refractivity contribution in [1.82, 2.24) is 20.1 Å². The highest BCUT2D eigenvalue weighted by Gasteiger charge is 2.51. The molecule has 5 aliphatic rings. The Bertz CT molecular complexity index is 1240. The van der Waals surface area contributed by atoms with Crippen LogP contribution in [0.2, 0.25) is 0 Å². The maximum absolute atomic E-state index is 13.1. The third-order valence-electron chi connectivity index (χ3n) is 8.05. The summed E-state index contributed by atoms with van der Waals surface area (Å²) in [7, 11) is 0. The van der Waals surface area contributed by atoms with E-state index in [0.717, 1.165) is 54.0 Å². The van der Waals surface area contributed by atoms with Crippen molar-refractivity contribution < 1.29 is 14.3 Å². The van der Waals surface area contributed by atoms with Crippen LogP contribution in [0.1, 0.15) is 38.5 Å². The Kier molecular flexibility index (Phi) is 5.05. The number of aromatic nitrogens is 3. The largest absolute Gasteiger partial charge is 0.454 e. The van der Waals surface area contributed by atoms with E-state index in [4.69, 9.17) is 9.47 Å². The highest BCUT2D eigenvalue weighted by Crippen LogP contribution is 2.55. The van der Waals surface area contributed by atoms with Crippen LogP contribution in [0, 0.1) is 17.8 Å². The van der Waals surface area contributed by atoms with Gasteiger partial charge in [0.15, 0.2) is 22.5 Å². The van der Waals surface area contributed by atoms with Gasteiger partial charge in [-0.3, -0.25) is 9.36 Å². The zero-order valence-electron chi connectivity index (χ0n) is 19.5. The number of nitrogens with zero attached hydrogens (tertiary/aromatic N) is 3. The maximum Gasteiger partial charge on any atom is 0.231 e. The number of nitrogens with one attached hydrogen (secondary N) is 1. The van der Waals surface area contributed by atoms with Crippen LogP contribution in [-0.2, 0) is 4.79 Å². The number of hydrogen-bond donors (Lipinski definition) is 1. The van der Waals surface area contributed by atoms with Gasteiger partial charge in [-0.25, -0.2) is 0 Å². The van der Waals surface area contributed by atoms with Crippen LogP contribution in [0.4, 0.5) is 0 Å². The van der Waals surface area contributed by atoms with Gasteiger partial charge in [-0.15, -0.1) is 10.2 Å². The smallest absolute Gasteiger partial charge is 0.231 e. The van der Waals surface area contributed by atoms with Crippen LogP contribution in [0.3, 0.4) is 0 Å². The van der Waals surface area contributed by atoms with Crippen molar-refractivity contribution in [3.63, 3.8) is 0 Å². The van der Waals surface area contributed by atoms with Gasteiger partial charge in [-0.1, -0.05) is 30.0 Å². The van der Waals surface area contributed by atoms with Gasteiger partial charge >= 0.3 is 0 Å². The number of amides is 1. The summed E-state index contributed by atoms with van der Waals surface area (Å²) in [5.74, 6) is 4.99. The first-order chi connectivity index (χ1) is 17.1. The summed E-state index contributed by atoms with van der Waals surface area (Å²) in [5.41, 5.74) is 1.86. The summed E-state index contributed by atoms with van der Waals surface area (Å²) in [5, 5.41) is 13.2. The molecule has 8 heteroatoms. The lowest BCUT2D eigenvalue weighted by atomic mass is 9.53. The first-order valence-electron chi connectivity index (χ1n) is 12.5. The average molecular weight is 489 g/mol. The van der Waals surface area contributed by atoms with Crippen molar-refractivity contribution in [1.29, 1.82) is 0 Å². The van der Waals surface area contributed by atoms with Gasteiger partial charge in [0.05, 0.1) is 5.75 Å². The molecule has 4 bridgehead atoms. The first kappa shape index (κ1) is 21.3. The van der Waals surface area contributed by atoms with Crippen molar-refractivity contribution in [3.8, 4) is 28.6 Å². The minimum Gasteiger partial charge on any atom is -0.454 e. The molecule has 2 aromatic carbocycles. The zero-order valence-corrected chi connectivity index (χ0v) is 20.3. The Morgan fingerprint density at radius 2 is 1.69 bits per heavy atom. The van der Waals surface area contributed by atoms with Crippen LogP contribution in [0.5, 0.6) is 11.5 Å². The summed E-state index contributed by atoms with van der Waals surface area (Å²) in [6.45, 7) is 0.226. The summed E-state index contributed by atoms with van der Waals surface area (Å²) in [4.78, 5) is 13.1. The monoisotopic (exact) mass is 488 g/mol. The highest BCUT2D eigenvalue weighted by molar-refractivity contribution is 7.99. The second kappa shape index (κ2) is 8.29. The lowest BCUT2D eigenvalue weighted by molar-refractivity contribution is -0.124. The summed E-state index contributed by atoms with van der Waals surface area (Å²) < 4.78 is 13.0. The van der Waals surface area contributed by atoms with E-state index in [2.05, 4.69) is 15.5 Å². The molecule has 4 fully saturated rings. The molecule has 8 rings (SSSR count). The first-order valence-corrected chi connectivity index (χ1v) is 13.5. The number of benzene rings is 2. The molecule has 0 saturated heterocycles. The second-order valence-corrected chi connectivity index (χ2v) is 11.5. The average Bonchev–Trinajstić information content (AvgIpc) is 3.48. The van der Waals surface area contributed by atoms with Gasteiger partial charge in [0, 0.05) is 16.8 Å². The molecule has 3 aromatic rings. The van der Waals surface area contributed by atoms with E-state index in [-0.39, 0.29) is 18.2 Å². The third-order valence-corrected chi connectivity index (χ3v) is 8.98. The normalized spacial score (nSPS) is 27.8. The van der Waals surface area contributed by atoms with E-state index in [1.54, 1.807) is 0 Å². The second-order valence-electron chi connectivity index (χ2n) is 10.6. The lowest BCUT2D eigenvalue weighted by Crippen LogP contribution is -2.60. The van der Waals surface area contributed by atoms with Crippen LogP contribution in [0.25, 0.3) is 17.1 Å². The molecule has 0 spiro atoms. The van der Waals surface area contributed by atoms with Crippen LogP contribution < -0.4 is 14.8 Å². The Morgan fingerprint density at radius 1 is 0.971 bits per heavy atom. The van der Waals surface area contributed by atoms with E-state index >= 15 is 0 Å². The molecule has 35 heavy (non-hydrogen) atoms. The predicted molar refractivity (Wildman–Crippen MR) is 133 cm³/mol. The quantitative estimate of drug-likeness (QED) is 0.500. The molecule has 2 heterocycles. The summed E-state index contributed by atoms with van der Waals surface area (Å²) >= 11 is 1.44. The Morgan fingerprint density at radius 3 is 2.43 bits per heavy atom. The van der Waals surface area contributed by atoms with Crippen molar-refractivity contribution >= 4 is 17.7 Å². The molecule has 4 aliphatic carbocycles. The fourth-order valence-electron chi connectivity index (χ4n) is 7.12. The van der Waals surface area contributed by atoms with Crippen LogP contribution >= 0.6 is 11.8 Å². The van der Waals surface area contributed by atoms with Gasteiger partial charge in [0.1, 0.15) is 0 Å². The number of thioether (sulfide) groups is 1. The van der Waals surface area contributed by atoms with E-state index < -0.39 is 0 Å². The number of carbonyl (C=O) groups is 1.